The van der Waals surface area contributed by atoms with Crippen molar-refractivity contribution < 1.29 is 19.1 Å². The van der Waals surface area contributed by atoms with Gasteiger partial charge in [-0.1, -0.05) is 42.5 Å². The van der Waals surface area contributed by atoms with Gasteiger partial charge in [0.15, 0.2) is 0 Å². The number of likely N-dealkylation sites (N-methyl/N-ethyl adjacent to an activating group) is 1. The van der Waals surface area contributed by atoms with Crippen molar-refractivity contribution in [3.05, 3.63) is 84.1 Å². The van der Waals surface area contributed by atoms with Crippen LogP contribution in [-0.2, 0) is 20.9 Å². The molecule has 0 aliphatic rings. The van der Waals surface area contributed by atoms with E-state index < -0.39 is 12.1 Å². The molecule has 1 aromatic heterocycles. The molecule has 1 amide bonds. The number of benzene rings is 2. The molecule has 29 heavy (non-hydrogen) atoms. The molecule has 0 bridgehead atoms. The quantitative estimate of drug-likeness (QED) is 0.473. The van der Waals surface area contributed by atoms with Crippen molar-refractivity contribution in [2.45, 2.75) is 6.61 Å². The zero-order chi connectivity index (χ0) is 20.6. The van der Waals surface area contributed by atoms with Gasteiger partial charge in [0.1, 0.15) is 25.0 Å². The highest BCUT2D eigenvalue weighted by atomic mass is 16.6. The lowest BCUT2D eigenvalue weighted by Crippen LogP contribution is -2.31. The van der Waals surface area contributed by atoms with Crippen molar-refractivity contribution in [3.8, 4) is 5.69 Å². The van der Waals surface area contributed by atoms with E-state index in [4.69, 9.17) is 9.47 Å². The van der Waals surface area contributed by atoms with Crippen LogP contribution in [0.4, 0.5) is 4.79 Å². The van der Waals surface area contributed by atoms with Crippen LogP contribution in [0.15, 0.2) is 72.9 Å². The molecule has 8 heteroatoms. The third-order valence-corrected chi connectivity index (χ3v) is 4.11. The Bertz CT molecular complexity index is 983. The van der Waals surface area contributed by atoms with Crippen LogP contribution < -0.4 is 0 Å². The van der Waals surface area contributed by atoms with E-state index >= 15 is 0 Å². The molecule has 1 heterocycles. The number of aromatic nitrogens is 3. The molecule has 0 fully saturated rings. The predicted molar refractivity (Wildman–Crippen MR) is 106 cm³/mol. The van der Waals surface area contributed by atoms with Crippen molar-refractivity contribution in [1.29, 1.82) is 0 Å². The smallest absolute Gasteiger partial charge is 0.414 e. The van der Waals surface area contributed by atoms with E-state index in [0.717, 1.165) is 16.2 Å². The van der Waals surface area contributed by atoms with Crippen molar-refractivity contribution >= 4 is 18.1 Å². The first-order valence-electron chi connectivity index (χ1n) is 8.78. The molecular weight excluding hydrogens is 372 g/mol. The average Bonchev–Trinajstić information content (AvgIpc) is 3.31. The molecule has 0 aliphatic carbocycles. The van der Waals surface area contributed by atoms with Gasteiger partial charge in [-0.25, -0.2) is 19.3 Å². The van der Waals surface area contributed by atoms with E-state index in [9.17, 15) is 9.59 Å². The summed E-state index contributed by atoms with van der Waals surface area (Å²) >= 11 is 0. The molecule has 0 spiro atoms. The van der Waals surface area contributed by atoms with E-state index in [0.29, 0.717) is 5.56 Å². The van der Waals surface area contributed by atoms with Crippen molar-refractivity contribution in [1.82, 2.24) is 19.7 Å². The summed E-state index contributed by atoms with van der Waals surface area (Å²) in [4.78, 5) is 29.7. The summed E-state index contributed by atoms with van der Waals surface area (Å²) in [5.41, 5.74) is 2.42. The summed E-state index contributed by atoms with van der Waals surface area (Å²) in [5.74, 6) is -0.649. The Morgan fingerprint density at radius 1 is 1.10 bits per heavy atom. The van der Waals surface area contributed by atoms with Gasteiger partial charge in [-0.3, -0.25) is 4.90 Å². The molecule has 0 N–H and O–H groups in total. The van der Waals surface area contributed by atoms with Crippen LogP contribution in [0.2, 0.25) is 0 Å². The lowest BCUT2D eigenvalue weighted by Gasteiger charge is -2.19. The first-order chi connectivity index (χ1) is 14.1. The van der Waals surface area contributed by atoms with Crippen LogP contribution in [0.5, 0.6) is 0 Å². The number of hydrogen-bond donors (Lipinski definition) is 0. The number of carbonyl (C=O) groups is 2. The summed E-state index contributed by atoms with van der Waals surface area (Å²) < 4.78 is 11.7. The second-order valence-corrected chi connectivity index (χ2v) is 6.05. The standard InChI is InChI=1S/C21H20N4O4/c1-24(21(27)29-13-17-6-4-3-5-7-17)19(20(26)28-2)12-16-8-10-18(11-9-16)25-15-22-14-23-25/h3-12,14-15H,13H2,1-2H3. The van der Waals surface area contributed by atoms with Crippen LogP contribution in [0.3, 0.4) is 0 Å². The molecule has 0 unspecified atom stereocenters. The van der Waals surface area contributed by atoms with Gasteiger partial charge in [-0.2, -0.15) is 5.10 Å². The number of esters is 1. The maximum Gasteiger partial charge on any atom is 0.414 e. The third kappa shape index (κ3) is 5.07. The zero-order valence-electron chi connectivity index (χ0n) is 16.1. The number of hydrogen-bond acceptors (Lipinski definition) is 6. The van der Waals surface area contributed by atoms with Gasteiger partial charge in [0, 0.05) is 7.05 Å². The SMILES string of the molecule is COC(=O)C(=Cc1ccc(-n2cncn2)cc1)N(C)C(=O)OCc1ccccc1. The van der Waals surface area contributed by atoms with Crippen LogP contribution in [-0.4, -0.2) is 45.9 Å². The van der Waals surface area contributed by atoms with Crippen LogP contribution in [0.1, 0.15) is 11.1 Å². The molecule has 0 saturated heterocycles. The Morgan fingerprint density at radius 3 is 2.45 bits per heavy atom. The Morgan fingerprint density at radius 2 is 1.83 bits per heavy atom. The highest BCUT2D eigenvalue weighted by Crippen LogP contribution is 2.15. The summed E-state index contributed by atoms with van der Waals surface area (Å²) in [7, 11) is 2.72. The van der Waals surface area contributed by atoms with Gasteiger partial charge in [0.05, 0.1) is 12.8 Å². The fourth-order valence-electron chi connectivity index (χ4n) is 2.53. The van der Waals surface area contributed by atoms with Crippen LogP contribution in [0, 0.1) is 0 Å². The molecule has 0 radical (unpaired) electrons. The minimum absolute atomic E-state index is 0.0547. The van der Waals surface area contributed by atoms with E-state index in [1.54, 1.807) is 29.2 Å². The van der Waals surface area contributed by atoms with E-state index in [2.05, 4.69) is 10.1 Å². The molecule has 0 saturated carbocycles. The second-order valence-electron chi connectivity index (χ2n) is 6.05. The Balaban J connectivity index is 1.75. The van der Waals surface area contributed by atoms with E-state index in [1.807, 2.05) is 42.5 Å². The van der Waals surface area contributed by atoms with Gasteiger partial charge in [0.2, 0.25) is 0 Å². The minimum atomic E-state index is -0.662. The van der Waals surface area contributed by atoms with Gasteiger partial charge in [-0.15, -0.1) is 0 Å². The molecular formula is C21H20N4O4. The van der Waals surface area contributed by atoms with E-state index in [-0.39, 0.29) is 12.3 Å². The maximum absolute atomic E-state index is 12.4. The van der Waals surface area contributed by atoms with Gasteiger partial charge in [0.25, 0.3) is 0 Å². The Labute approximate surface area is 168 Å². The van der Waals surface area contributed by atoms with Gasteiger partial charge >= 0.3 is 12.1 Å². The summed E-state index contributed by atoms with van der Waals surface area (Å²) in [6.07, 6.45) is 3.92. The fourth-order valence-corrected chi connectivity index (χ4v) is 2.53. The summed E-state index contributed by atoms with van der Waals surface area (Å²) in [6, 6.07) is 16.5. The molecule has 3 aromatic rings. The maximum atomic E-state index is 12.4. The molecule has 3 rings (SSSR count). The van der Waals surface area contributed by atoms with Crippen molar-refractivity contribution in [2.75, 3.05) is 14.2 Å². The number of methoxy groups -OCH3 is 1. The lowest BCUT2D eigenvalue weighted by atomic mass is 10.1. The summed E-state index contributed by atoms with van der Waals surface area (Å²) in [5, 5.41) is 4.06. The fraction of sp³-hybridized carbons (Fsp3) is 0.143. The second kappa shape index (κ2) is 9.32. The topological polar surface area (TPSA) is 86.6 Å². The normalized spacial score (nSPS) is 11.0. The Hall–Kier alpha value is -3.94. The predicted octanol–water partition coefficient (Wildman–Crippen LogP) is 3.05. The largest absolute Gasteiger partial charge is 0.464 e. The lowest BCUT2D eigenvalue weighted by molar-refractivity contribution is -0.137. The molecule has 148 valence electrons. The average molecular weight is 392 g/mol. The van der Waals surface area contributed by atoms with Crippen LogP contribution >= 0.6 is 0 Å². The third-order valence-electron chi connectivity index (χ3n) is 4.11. The molecule has 8 nitrogen and oxygen atoms in total. The highest BCUT2D eigenvalue weighted by molar-refractivity contribution is 5.96. The highest BCUT2D eigenvalue weighted by Gasteiger charge is 2.22. The number of nitrogens with zero attached hydrogens (tertiary/aromatic N) is 4. The number of rotatable bonds is 6. The number of ether oxygens (including phenoxy) is 2. The minimum Gasteiger partial charge on any atom is -0.464 e. The molecule has 2 aromatic carbocycles. The van der Waals surface area contributed by atoms with Crippen molar-refractivity contribution in [3.63, 3.8) is 0 Å². The zero-order valence-corrected chi connectivity index (χ0v) is 16.1. The van der Waals surface area contributed by atoms with Gasteiger partial charge in [-0.05, 0) is 29.3 Å². The number of carbonyl (C=O) groups excluding carboxylic acids is 2. The van der Waals surface area contributed by atoms with E-state index in [1.165, 1.54) is 20.5 Å². The first-order valence-corrected chi connectivity index (χ1v) is 8.78. The monoisotopic (exact) mass is 392 g/mol. The molecule has 0 atom stereocenters. The first kappa shape index (κ1) is 19.8. The molecule has 0 aliphatic heterocycles. The number of amides is 1. The summed E-state index contributed by atoms with van der Waals surface area (Å²) in [6.45, 7) is 0.102. The van der Waals surface area contributed by atoms with Crippen molar-refractivity contribution in [2.24, 2.45) is 0 Å². The Kier molecular flexibility index (Phi) is 6.36. The van der Waals surface area contributed by atoms with Gasteiger partial charge < -0.3 is 9.47 Å². The van der Waals surface area contributed by atoms with Crippen LogP contribution in [0.25, 0.3) is 11.8 Å².